The van der Waals surface area contributed by atoms with Crippen LogP contribution in [0, 0.1) is 5.82 Å². The molecule has 0 aliphatic carbocycles. The first-order valence-corrected chi connectivity index (χ1v) is 14.1. The van der Waals surface area contributed by atoms with Crippen molar-refractivity contribution < 1.29 is 28.2 Å². The van der Waals surface area contributed by atoms with Gasteiger partial charge in [-0.15, -0.1) is 0 Å². The van der Waals surface area contributed by atoms with Gasteiger partial charge in [0.1, 0.15) is 24.7 Å². The van der Waals surface area contributed by atoms with E-state index in [1.54, 1.807) is 48.5 Å². The standard InChI is InChI=1S/C29H25BrFN3O5S/c30-21-3-10-25(39-18-19-1-4-22(31)5-2-19)20(15-21)16-26-28(36)34(29(37)40-26)17-27(35)32-23-6-8-24(9-7-23)33-11-13-38-14-12-33/h1-10,15-16H,11-14,17-18H2,(H,32,35)/b26-16-. The van der Waals surface area contributed by atoms with E-state index in [0.717, 1.165) is 45.5 Å². The number of carbonyl (C=O) groups excluding carboxylic acids is 3. The molecule has 3 aromatic carbocycles. The normalized spacial score (nSPS) is 16.5. The van der Waals surface area contributed by atoms with Crippen LogP contribution in [0.25, 0.3) is 6.08 Å². The van der Waals surface area contributed by atoms with Gasteiger partial charge in [0.2, 0.25) is 5.91 Å². The van der Waals surface area contributed by atoms with Gasteiger partial charge in [-0.3, -0.25) is 19.3 Å². The van der Waals surface area contributed by atoms with Crippen LogP contribution in [0.3, 0.4) is 0 Å². The summed E-state index contributed by atoms with van der Waals surface area (Å²) >= 11 is 4.19. The van der Waals surface area contributed by atoms with Crippen LogP contribution < -0.4 is 15.0 Å². The van der Waals surface area contributed by atoms with E-state index in [2.05, 4.69) is 26.1 Å². The lowest BCUT2D eigenvalue weighted by atomic mass is 10.1. The van der Waals surface area contributed by atoms with E-state index in [1.165, 1.54) is 12.1 Å². The third kappa shape index (κ3) is 6.90. The van der Waals surface area contributed by atoms with E-state index in [-0.39, 0.29) is 17.3 Å². The minimum Gasteiger partial charge on any atom is -0.488 e. The molecule has 0 unspecified atom stereocenters. The van der Waals surface area contributed by atoms with Crippen LogP contribution >= 0.6 is 27.7 Å². The van der Waals surface area contributed by atoms with E-state index in [1.807, 2.05) is 12.1 Å². The molecule has 11 heteroatoms. The summed E-state index contributed by atoms with van der Waals surface area (Å²) in [6, 6.07) is 18.7. The molecule has 2 heterocycles. The number of imide groups is 1. The Hall–Kier alpha value is -3.67. The molecule has 206 valence electrons. The number of benzene rings is 3. The second kappa shape index (κ2) is 12.7. The predicted molar refractivity (Wildman–Crippen MR) is 156 cm³/mol. The molecule has 0 spiro atoms. The molecule has 5 rings (SSSR count). The van der Waals surface area contributed by atoms with Crippen LogP contribution in [0.4, 0.5) is 20.6 Å². The zero-order chi connectivity index (χ0) is 28.1. The quantitative estimate of drug-likeness (QED) is 0.322. The molecule has 2 saturated heterocycles. The summed E-state index contributed by atoms with van der Waals surface area (Å²) < 4.78 is 25.3. The van der Waals surface area contributed by atoms with Crippen LogP contribution in [0.15, 0.2) is 76.1 Å². The Morgan fingerprint density at radius 3 is 2.50 bits per heavy atom. The average molecular weight is 627 g/mol. The van der Waals surface area contributed by atoms with Crippen LogP contribution in [-0.4, -0.2) is 54.8 Å². The van der Waals surface area contributed by atoms with E-state index < -0.39 is 23.6 Å². The summed E-state index contributed by atoms with van der Waals surface area (Å²) in [5, 5.41) is 2.22. The number of rotatable bonds is 8. The largest absolute Gasteiger partial charge is 0.488 e. The molecule has 0 aromatic heterocycles. The van der Waals surface area contributed by atoms with Crippen molar-refractivity contribution >= 4 is 62.2 Å². The van der Waals surface area contributed by atoms with Gasteiger partial charge in [-0.05, 0) is 78.0 Å². The lowest BCUT2D eigenvalue weighted by molar-refractivity contribution is -0.127. The number of ether oxygens (including phenoxy) is 2. The van der Waals surface area contributed by atoms with Crippen molar-refractivity contribution in [3.8, 4) is 5.75 Å². The molecule has 0 atom stereocenters. The molecule has 2 aliphatic heterocycles. The molecule has 40 heavy (non-hydrogen) atoms. The average Bonchev–Trinajstić information content (AvgIpc) is 3.21. The summed E-state index contributed by atoms with van der Waals surface area (Å²) in [6.45, 7) is 2.76. The number of amides is 3. The molecule has 3 aromatic rings. The third-order valence-corrected chi connectivity index (χ3v) is 7.67. The summed E-state index contributed by atoms with van der Waals surface area (Å²) in [5.41, 5.74) is 2.96. The third-order valence-electron chi connectivity index (χ3n) is 6.27. The molecule has 2 fully saturated rings. The fraction of sp³-hybridized carbons (Fsp3) is 0.207. The Balaban J connectivity index is 1.23. The fourth-order valence-electron chi connectivity index (χ4n) is 4.20. The van der Waals surface area contributed by atoms with Crippen molar-refractivity contribution in [2.24, 2.45) is 0 Å². The minimum absolute atomic E-state index is 0.178. The van der Waals surface area contributed by atoms with E-state index in [0.29, 0.717) is 30.2 Å². The summed E-state index contributed by atoms with van der Waals surface area (Å²) in [6.07, 6.45) is 1.57. The molecule has 3 amide bonds. The van der Waals surface area contributed by atoms with Gasteiger partial charge >= 0.3 is 0 Å². The van der Waals surface area contributed by atoms with Crippen molar-refractivity contribution in [3.63, 3.8) is 0 Å². The molecule has 1 N–H and O–H groups in total. The molecular formula is C29H25BrFN3O5S. The van der Waals surface area contributed by atoms with Crippen LogP contribution in [0.2, 0.25) is 0 Å². The molecular weight excluding hydrogens is 601 g/mol. The topological polar surface area (TPSA) is 88.2 Å². The monoisotopic (exact) mass is 625 g/mol. The maximum atomic E-state index is 13.2. The van der Waals surface area contributed by atoms with Gasteiger partial charge in [-0.2, -0.15) is 0 Å². The maximum Gasteiger partial charge on any atom is 0.294 e. The lowest BCUT2D eigenvalue weighted by Gasteiger charge is -2.28. The highest BCUT2D eigenvalue weighted by atomic mass is 79.9. The SMILES string of the molecule is O=C(CN1C(=O)S/C(=C\c2cc(Br)ccc2OCc2ccc(F)cc2)C1=O)Nc1ccc(N2CCOCC2)cc1. The number of anilines is 2. The van der Waals surface area contributed by atoms with Gasteiger partial charge in [0.15, 0.2) is 0 Å². The second-order valence-corrected chi connectivity index (χ2v) is 11.0. The lowest BCUT2D eigenvalue weighted by Crippen LogP contribution is -2.36. The highest BCUT2D eigenvalue weighted by molar-refractivity contribution is 9.10. The minimum atomic E-state index is -0.558. The van der Waals surface area contributed by atoms with Crippen molar-refractivity contribution in [1.82, 2.24) is 4.90 Å². The number of morpholine rings is 1. The van der Waals surface area contributed by atoms with Crippen LogP contribution in [-0.2, 0) is 20.9 Å². The Labute approximate surface area is 243 Å². The van der Waals surface area contributed by atoms with E-state index in [9.17, 15) is 18.8 Å². The maximum absolute atomic E-state index is 13.2. The first kappa shape index (κ1) is 27.9. The Kier molecular flexibility index (Phi) is 8.83. The number of nitrogens with zero attached hydrogens (tertiary/aromatic N) is 2. The number of nitrogens with one attached hydrogen (secondary N) is 1. The smallest absolute Gasteiger partial charge is 0.294 e. The van der Waals surface area contributed by atoms with Crippen molar-refractivity contribution in [2.45, 2.75) is 6.61 Å². The predicted octanol–water partition coefficient (Wildman–Crippen LogP) is 5.68. The summed E-state index contributed by atoms with van der Waals surface area (Å²) in [5.74, 6) is -0.887. The highest BCUT2D eigenvalue weighted by Gasteiger charge is 2.36. The Morgan fingerprint density at radius 1 is 1.05 bits per heavy atom. The number of halogens is 2. The van der Waals surface area contributed by atoms with Crippen LogP contribution in [0.5, 0.6) is 5.75 Å². The van der Waals surface area contributed by atoms with Crippen molar-refractivity contribution in [1.29, 1.82) is 0 Å². The van der Waals surface area contributed by atoms with Gasteiger partial charge in [0, 0.05) is 34.5 Å². The summed E-state index contributed by atoms with van der Waals surface area (Å²) in [7, 11) is 0. The van der Waals surface area contributed by atoms with Gasteiger partial charge in [-0.25, -0.2) is 4.39 Å². The number of hydrogen-bond acceptors (Lipinski definition) is 7. The molecule has 0 bridgehead atoms. The molecule has 0 saturated carbocycles. The number of carbonyl (C=O) groups is 3. The van der Waals surface area contributed by atoms with E-state index in [4.69, 9.17) is 9.47 Å². The van der Waals surface area contributed by atoms with E-state index >= 15 is 0 Å². The number of hydrogen-bond donors (Lipinski definition) is 1. The van der Waals surface area contributed by atoms with Gasteiger partial charge < -0.3 is 19.7 Å². The van der Waals surface area contributed by atoms with Gasteiger partial charge in [0.05, 0.1) is 18.1 Å². The first-order valence-electron chi connectivity index (χ1n) is 12.5. The van der Waals surface area contributed by atoms with Crippen molar-refractivity contribution in [3.05, 3.63) is 93.1 Å². The Morgan fingerprint density at radius 2 is 1.77 bits per heavy atom. The van der Waals surface area contributed by atoms with Gasteiger partial charge in [-0.1, -0.05) is 28.1 Å². The zero-order valence-corrected chi connectivity index (χ0v) is 23.7. The molecule has 8 nitrogen and oxygen atoms in total. The molecule has 2 aliphatic rings. The zero-order valence-electron chi connectivity index (χ0n) is 21.3. The number of thioether (sulfide) groups is 1. The van der Waals surface area contributed by atoms with Gasteiger partial charge in [0.25, 0.3) is 11.1 Å². The summed E-state index contributed by atoms with van der Waals surface area (Å²) in [4.78, 5) is 41.7. The highest BCUT2D eigenvalue weighted by Crippen LogP contribution is 2.35. The fourth-order valence-corrected chi connectivity index (χ4v) is 5.41. The van der Waals surface area contributed by atoms with Crippen molar-refractivity contribution in [2.75, 3.05) is 43.1 Å². The molecule has 0 radical (unpaired) electrons. The van der Waals surface area contributed by atoms with Crippen LogP contribution in [0.1, 0.15) is 11.1 Å². The second-order valence-electron chi connectivity index (χ2n) is 9.06. The Bertz CT molecular complexity index is 1440. The first-order chi connectivity index (χ1) is 19.4.